The van der Waals surface area contributed by atoms with E-state index in [9.17, 15) is 4.79 Å². The SMILES string of the molecule is CCCn1c(-c2ccc3c(c2)OCCO3)cc(C(N)=O)c1C. The fraction of sp³-hybridized carbons (Fsp3) is 0.353. The first-order chi connectivity index (χ1) is 10.6. The molecule has 1 aromatic carbocycles. The topological polar surface area (TPSA) is 66.5 Å². The standard InChI is InChI=1S/C17H20N2O3/c1-3-6-19-11(2)13(17(18)20)10-14(19)12-4-5-15-16(9-12)22-8-7-21-15/h4-5,9-10H,3,6-8H2,1-2H3,(H2,18,20). The summed E-state index contributed by atoms with van der Waals surface area (Å²) in [6.07, 6.45) is 0.977. The van der Waals surface area contributed by atoms with Crippen LogP contribution >= 0.6 is 0 Å². The summed E-state index contributed by atoms with van der Waals surface area (Å²) in [5.74, 6) is 1.10. The van der Waals surface area contributed by atoms with Crippen LogP contribution in [0.15, 0.2) is 24.3 Å². The van der Waals surface area contributed by atoms with Gasteiger partial charge in [-0.1, -0.05) is 6.92 Å². The smallest absolute Gasteiger partial charge is 0.250 e. The minimum absolute atomic E-state index is 0.397. The molecule has 0 radical (unpaired) electrons. The zero-order chi connectivity index (χ0) is 15.7. The largest absolute Gasteiger partial charge is 0.486 e. The van der Waals surface area contributed by atoms with Crippen molar-refractivity contribution in [2.75, 3.05) is 13.2 Å². The zero-order valence-corrected chi connectivity index (χ0v) is 12.9. The molecule has 1 amide bonds. The number of nitrogens with two attached hydrogens (primary N) is 1. The molecule has 0 saturated carbocycles. The molecule has 0 bridgehead atoms. The first-order valence-corrected chi connectivity index (χ1v) is 7.51. The summed E-state index contributed by atoms with van der Waals surface area (Å²) in [6.45, 7) is 6.00. The van der Waals surface area contributed by atoms with Crippen molar-refractivity contribution in [1.82, 2.24) is 4.57 Å². The number of carbonyl (C=O) groups excluding carboxylic acids is 1. The van der Waals surface area contributed by atoms with Crippen LogP contribution in [-0.2, 0) is 6.54 Å². The van der Waals surface area contributed by atoms with Gasteiger partial charge in [0.1, 0.15) is 13.2 Å². The second kappa shape index (κ2) is 5.75. The van der Waals surface area contributed by atoms with Crippen LogP contribution < -0.4 is 15.2 Å². The summed E-state index contributed by atoms with van der Waals surface area (Å²) in [7, 11) is 0. The van der Waals surface area contributed by atoms with Gasteiger partial charge in [0.2, 0.25) is 0 Å². The van der Waals surface area contributed by atoms with Gasteiger partial charge >= 0.3 is 0 Å². The molecular formula is C17H20N2O3. The normalized spacial score (nSPS) is 13.2. The molecule has 5 nitrogen and oxygen atoms in total. The molecule has 1 aliphatic heterocycles. The maximum absolute atomic E-state index is 11.6. The van der Waals surface area contributed by atoms with Crippen LogP contribution in [0.2, 0.25) is 0 Å². The van der Waals surface area contributed by atoms with Gasteiger partial charge in [-0.05, 0) is 37.6 Å². The van der Waals surface area contributed by atoms with Crippen molar-refractivity contribution in [1.29, 1.82) is 0 Å². The van der Waals surface area contributed by atoms with E-state index in [2.05, 4.69) is 11.5 Å². The highest BCUT2D eigenvalue weighted by Gasteiger charge is 2.18. The van der Waals surface area contributed by atoms with E-state index < -0.39 is 5.91 Å². The number of fused-ring (bicyclic) bond motifs is 1. The number of rotatable bonds is 4. The Morgan fingerprint density at radius 2 is 1.95 bits per heavy atom. The van der Waals surface area contributed by atoms with E-state index in [1.165, 1.54) is 0 Å². The molecule has 116 valence electrons. The van der Waals surface area contributed by atoms with Crippen molar-refractivity contribution >= 4 is 5.91 Å². The number of nitrogens with zero attached hydrogens (tertiary/aromatic N) is 1. The Bertz CT molecular complexity index is 719. The highest BCUT2D eigenvalue weighted by atomic mass is 16.6. The molecule has 2 N–H and O–H groups in total. The molecule has 0 spiro atoms. The van der Waals surface area contributed by atoms with E-state index in [0.717, 1.165) is 41.4 Å². The zero-order valence-electron chi connectivity index (χ0n) is 12.9. The molecular weight excluding hydrogens is 280 g/mol. The Morgan fingerprint density at radius 1 is 1.23 bits per heavy atom. The van der Waals surface area contributed by atoms with Crippen molar-refractivity contribution in [2.45, 2.75) is 26.8 Å². The highest BCUT2D eigenvalue weighted by molar-refractivity contribution is 5.95. The lowest BCUT2D eigenvalue weighted by Gasteiger charge is -2.19. The summed E-state index contributed by atoms with van der Waals surface area (Å²) in [4.78, 5) is 11.6. The lowest BCUT2D eigenvalue weighted by atomic mass is 10.1. The van der Waals surface area contributed by atoms with E-state index in [0.29, 0.717) is 18.8 Å². The molecule has 0 unspecified atom stereocenters. The summed E-state index contributed by atoms with van der Waals surface area (Å²) in [6, 6.07) is 7.71. The lowest BCUT2D eigenvalue weighted by molar-refractivity contribution is 0.0999. The molecule has 1 aromatic heterocycles. The van der Waals surface area contributed by atoms with Crippen molar-refractivity contribution in [3.05, 3.63) is 35.5 Å². The van der Waals surface area contributed by atoms with Crippen LogP contribution in [0, 0.1) is 6.92 Å². The van der Waals surface area contributed by atoms with Gasteiger partial charge in [-0.3, -0.25) is 4.79 Å². The summed E-state index contributed by atoms with van der Waals surface area (Å²) < 4.78 is 13.3. The molecule has 2 aromatic rings. The van der Waals surface area contributed by atoms with Gasteiger partial charge in [0, 0.05) is 23.5 Å². The average Bonchev–Trinajstić information content (AvgIpc) is 2.85. The number of primary amides is 1. The summed E-state index contributed by atoms with van der Waals surface area (Å²) in [5.41, 5.74) is 8.93. The predicted octanol–water partition coefficient (Wildman–Crippen LogP) is 2.74. The van der Waals surface area contributed by atoms with Crippen LogP contribution in [0.4, 0.5) is 0 Å². The van der Waals surface area contributed by atoms with Gasteiger partial charge in [0.05, 0.1) is 5.56 Å². The molecule has 0 atom stereocenters. The first-order valence-electron chi connectivity index (χ1n) is 7.51. The van der Waals surface area contributed by atoms with Gasteiger partial charge < -0.3 is 19.8 Å². The second-order valence-corrected chi connectivity index (χ2v) is 5.40. The Labute approximate surface area is 129 Å². The Kier molecular flexibility index (Phi) is 3.79. The average molecular weight is 300 g/mol. The molecule has 22 heavy (non-hydrogen) atoms. The van der Waals surface area contributed by atoms with E-state index in [1.807, 2.05) is 31.2 Å². The Balaban J connectivity index is 2.10. The monoisotopic (exact) mass is 300 g/mol. The van der Waals surface area contributed by atoms with E-state index >= 15 is 0 Å². The molecule has 2 heterocycles. The van der Waals surface area contributed by atoms with E-state index in [-0.39, 0.29) is 0 Å². The number of hydrogen-bond donors (Lipinski definition) is 1. The summed E-state index contributed by atoms with van der Waals surface area (Å²) >= 11 is 0. The molecule has 3 rings (SSSR count). The third kappa shape index (κ3) is 2.43. The number of carbonyl (C=O) groups is 1. The van der Waals surface area contributed by atoms with Crippen LogP contribution in [0.25, 0.3) is 11.3 Å². The summed E-state index contributed by atoms with van der Waals surface area (Å²) in [5, 5.41) is 0. The van der Waals surface area contributed by atoms with Crippen molar-refractivity contribution < 1.29 is 14.3 Å². The van der Waals surface area contributed by atoms with Crippen LogP contribution in [0.5, 0.6) is 11.5 Å². The number of hydrogen-bond acceptors (Lipinski definition) is 3. The second-order valence-electron chi connectivity index (χ2n) is 5.40. The van der Waals surface area contributed by atoms with Gasteiger partial charge in [-0.25, -0.2) is 0 Å². The van der Waals surface area contributed by atoms with Crippen LogP contribution in [0.3, 0.4) is 0 Å². The van der Waals surface area contributed by atoms with Crippen LogP contribution in [0.1, 0.15) is 29.4 Å². The third-order valence-corrected chi connectivity index (χ3v) is 3.92. The fourth-order valence-corrected chi connectivity index (χ4v) is 2.85. The van der Waals surface area contributed by atoms with Gasteiger partial charge in [-0.15, -0.1) is 0 Å². The lowest BCUT2D eigenvalue weighted by Crippen LogP contribution is -2.15. The van der Waals surface area contributed by atoms with E-state index in [1.54, 1.807) is 0 Å². The Hall–Kier alpha value is -2.43. The first kappa shape index (κ1) is 14.5. The minimum atomic E-state index is -0.397. The van der Waals surface area contributed by atoms with Gasteiger partial charge in [-0.2, -0.15) is 0 Å². The maximum atomic E-state index is 11.6. The predicted molar refractivity (Wildman–Crippen MR) is 84.4 cm³/mol. The van der Waals surface area contributed by atoms with Gasteiger partial charge in [0.25, 0.3) is 5.91 Å². The number of aromatic nitrogens is 1. The number of amides is 1. The number of benzene rings is 1. The molecule has 0 aliphatic carbocycles. The quantitative estimate of drug-likeness (QED) is 0.944. The molecule has 0 fully saturated rings. The Morgan fingerprint density at radius 3 is 2.64 bits per heavy atom. The molecule has 0 saturated heterocycles. The van der Waals surface area contributed by atoms with Crippen molar-refractivity contribution in [3.63, 3.8) is 0 Å². The van der Waals surface area contributed by atoms with E-state index in [4.69, 9.17) is 15.2 Å². The van der Waals surface area contributed by atoms with Crippen molar-refractivity contribution in [2.24, 2.45) is 5.73 Å². The minimum Gasteiger partial charge on any atom is -0.486 e. The maximum Gasteiger partial charge on any atom is 0.250 e. The fourth-order valence-electron chi connectivity index (χ4n) is 2.85. The van der Waals surface area contributed by atoms with Crippen LogP contribution in [-0.4, -0.2) is 23.7 Å². The molecule has 5 heteroatoms. The third-order valence-electron chi connectivity index (χ3n) is 3.92. The molecule has 1 aliphatic rings. The number of ether oxygens (including phenoxy) is 2. The van der Waals surface area contributed by atoms with Gasteiger partial charge in [0.15, 0.2) is 11.5 Å². The highest BCUT2D eigenvalue weighted by Crippen LogP contribution is 2.35. The van der Waals surface area contributed by atoms with Crippen molar-refractivity contribution in [3.8, 4) is 22.8 Å².